The van der Waals surface area contributed by atoms with E-state index in [2.05, 4.69) is 0 Å². The van der Waals surface area contributed by atoms with Crippen LogP contribution in [0.3, 0.4) is 0 Å². The van der Waals surface area contributed by atoms with Crippen LogP contribution in [-0.2, 0) is 11.3 Å². The highest BCUT2D eigenvalue weighted by molar-refractivity contribution is 6.32. The summed E-state index contributed by atoms with van der Waals surface area (Å²) < 4.78 is 18.3. The topological polar surface area (TPSA) is 29.5 Å². The Morgan fingerprint density at radius 1 is 1.23 bits per heavy atom. The molecule has 2 aromatic rings. The number of amides is 1. The van der Waals surface area contributed by atoms with Crippen molar-refractivity contribution in [2.24, 2.45) is 0 Å². The lowest BCUT2D eigenvalue weighted by Gasteiger charge is -2.18. The number of halogens is 2. The van der Waals surface area contributed by atoms with Crippen molar-refractivity contribution in [1.29, 1.82) is 0 Å². The van der Waals surface area contributed by atoms with E-state index < -0.39 is 5.82 Å². The third-order valence-electron chi connectivity index (χ3n) is 3.21. The lowest BCUT2D eigenvalue weighted by Crippen LogP contribution is -2.31. The third kappa shape index (κ3) is 4.46. The van der Waals surface area contributed by atoms with Crippen LogP contribution in [0.15, 0.2) is 42.5 Å². The highest BCUT2D eigenvalue weighted by Crippen LogP contribution is 2.24. The molecule has 3 nitrogen and oxygen atoms in total. The Hall–Kier alpha value is -2.07. The van der Waals surface area contributed by atoms with Gasteiger partial charge in [0.2, 0.25) is 0 Å². The van der Waals surface area contributed by atoms with E-state index in [0.29, 0.717) is 12.3 Å². The SMILES string of the molecule is Cc1ccc(CN(C)C(=O)COc2ccc(F)cc2Cl)cc1. The highest BCUT2D eigenvalue weighted by Gasteiger charge is 2.11. The Labute approximate surface area is 134 Å². The zero-order valence-corrected chi connectivity index (χ0v) is 13.2. The number of likely N-dealkylation sites (N-methyl/N-ethyl adjacent to an activating group) is 1. The second-order valence-corrected chi connectivity index (χ2v) is 5.51. The van der Waals surface area contributed by atoms with Gasteiger partial charge in [-0.05, 0) is 30.7 Å². The van der Waals surface area contributed by atoms with Crippen molar-refractivity contribution in [2.75, 3.05) is 13.7 Å². The summed E-state index contributed by atoms with van der Waals surface area (Å²) in [5, 5.41) is 0.147. The molecule has 0 bridgehead atoms. The number of ether oxygens (including phenoxy) is 1. The normalized spacial score (nSPS) is 10.4. The molecule has 0 aromatic heterocycles. The first-order chi connectivity index (χ1) is 10.5. The molecule has 0 fully saturated rings. The minimum atomic E-state index is -0.444. The molecule has 0 aliphatic carbocycles. The van der Waals surface area contributed by atoms with Crippen LogP contribution in [-0.4, -0.2) is 24.5 Å². The Balaban J connectivity index is 1.89. The second-order valence-electron chi connectivity index (χ2n) is 5.10. The van der Waals surface area contributed by atoms with Gasteiger partial charge in [0.1, 0.15) is 11.6 Å². The molecule has 0 radical (unpaired) electrons. The van der Waals surface area contributed by atoms with E-state index in [1.807, 2.05) is 31.2 Å². The molecule has 22 heavy (non-hydrogen) atoms. The predicted molar refractivity (Wildman–Crippen MR) is 84.6 cm³/mol. The molecule has 2 rings (SSSR count). The molecule has 0 unspecified atom stereocenters. The van der Waals surface area contributed by atoms with Crippen LogP contribution in [0.25, 0.3) is 0 Å². The molecule has 0 heterocycles. The summed E-state index contributed by atoms with van der Waals surface area (Å²) in [4.78, 5) is 13.6. The summed E-state index contributed by atoms with van der Waals surface area (Å²) in [6.07, 6.45) is 0. The maximum atomic E-state index is 12.9. The number of hydrogen-bond acceptors (Lipinski definition) is 2. The van der Waals surface area contributed by atoms with Crippen LogP contribution < -0.4 is 4.74 Å². The van der Waals surface area contributed by atoms with Crippen molar-refractivity contribution >= 4 is 17.5 Å². The largest absolute Gasteiger partial charge is 0.482 e. The van der Waals surface area contributed by atoms with Gasteiger partial charge in [0.05, 0.1) is 5.02 Å². The molecule has 0 aliphatic heterocycles. The van der Waals surface area contributed by atoms with E-state index in [-0.39, 0.29) is 17.5 Å². The van der Waals surface area contributed by atoms with E-state index in [1.54, 1.807) is 11.9 Å². The van der Waals surface area contributed by atoms with Gasteiger partial charge in [-0.1, -0.05) is 41.4 Å². The highest BCUT2D eigenvalue weighted by atomic mass is 35.5. The van der Waals surface area contributed by atoms with Gasteiger partial charge in [-0.2, -0.15) is 0 Å². The van der Waals surface area contributed by atoms with E-state index >= 15 is 0 Å². The first kappa shape index (κ1) is 16.3. The van der Waals surface area contributed by atoms with E-state index in [4.69, 9.17) is 16.3 Å². The summed E-state index contributed by atoms with van der Waals surface area (Å²) in [6, 6.07) is 11.8. The van der Waals surface area contributed by atoms with Crippen molar-refractivity contribution in [1.82, 2.24) is 4.90 Å². The van der Waals surface area contributed by atoms with Gasteiger partial charge in [0.25, 0.3) is 5.91 Å². The van der Waals surface area contributed by atoms with E-state index in [9.17, 15) is 9.18 Å². The average Bonchev–Trinajstić information content (AvgIpc) is 2.48. The number of carbonyl (C=O) groups is 1. The lowest BCUT2D eigenvalue weighted by atomic mass is 10.1. The van der Waals surface area contributed by atoms with Crippen molar-refractivity contribution in [3.05, 3.63) is 64.4 Å². The summed E-state index contributed by atoms with van der Waals surface area (Å²) in [6.45, 7) is 2.37. The summed E-state index contributed by atoms with van der Waals surface area (Å²) >= 11 is 5.85. The Morgan fingerprint density at radius 2 is 1.91 bits per heavy atom. The molecule has 0 saturated carbocycles. The summed E-state index contributed by atoms with van der Waals surface area (Å²) in [5.74, 6) is -0.332. The maximum absolute atomic E-state index is 12.9. The lowest BCUT2D eigenvalue weighted by molar-refractivity contribution is -0.132. The molecule has 1 amide bonds. The van der Waals surface area contributed by atoms with Crippen LogP contribution in [0.5, 0.6) is 5.75 Å². The fourth-order valence-electron chi connectivity index (χ4n) is 1.90. The van der Waals surface area contributed by atoms with Gasteiger partial charge < -0.3 is 9.64 Å². The van der Waals surface area contributed by atoms with E-state index in [0.717, 1.165) is 11.6 Å². The average molecular weight is 322 g/mol. The molecule has 0 atom stereocenters. The van der Waals surface area contributed by atoms with Crippen molar-refractivity contribution in [3.63, 3.8) is 0 Å². The number of hydrogen-bond donors (Lipinski definition) is 0. The van der Waals surface area contributed by atoms with Crippen LogP contribution in [0.2, 0.25) is 5.02 Å². The molecule has 0 N–H and O–H groups in total. The number of benzene rings is 2. The summed E-state index contributed by atoms with van der Waals surface area (Å²) in [5.41, 5.74) is 2.22. The van der Waals surface area contributed by atoms with Gasteiger partial charge in [-0.3, -0.25) is 4.79 Å². The fourth-order valence-corrected chi connectivity index (χ4v) is 2.12. The predicted octanol–water partition coefficient (Wildman–Crippen LogP) is 3.82. The molecular formula is C17H17ClFNO2. The van der Waals surface area contributed by atoms with Crippen molar-refractivity contribution in [2.45, 2.75) is 13.5 Å². The number of carbonyl (C=O) groups excluding carboxylic acids is 1. The molecule has 0 saturated heterocycles. The zero-order valence-electron chi connectivity index (χ0n) is 12.5. The molecule has 0 spiro atoms. The van der Waals surface area contributed by atoms with Gasteiger partial charge >= 0.3 is 0 Å². The number of nitrogens with zero attached hydrogens (tertiary/aromatic N) is 1. The Morgan fingerprint density at radius 3 is 2.55 bits per heavy atom. The molecular weight excluding hydrogens is 305 g/mol. The molecule has 5 heteroatoms. The first-order valence-electron chi connectivity index (χ1n) is 6.83. The smallest absolute Gasteiger partial charge is 0.260 e. The van der Waals surface area contributed by atoms with E-state index in [1.165, 1.54) is 17.7 Å². The number of aryl methyl sites for hydroxylation is 1. The van der Waals surface area contributed by atoms with Crippen LogP contribution in [0, 0.1) is 12.7 Å². The third-order valence-corrected chi connectivity index (χ3v) is 3.51. The van der Waals surface area contributed by atoms with Gasteiger partial charge in [0.15, 0.2) is 6.61 Å². The van der Waals surface area contributed by atoms with Crippen LogP contribution >= 0.6 is 11.6 Å². The maximum Gasteiger partial charge on any atom is 0.260 e. The van der Waals surface area contributed by atoms with Crippen LogP contribution in [0.1, 0.15) is 11.1 Å². The van der Waals surface area contributed by atoms with Gasteiger partial charge in [-0.25, -0.2) is 4.39 Å². The summed E-state index contributed by atoms with van der Waals surface area (Å²) in [7, 11) is 1.71. The zero-order chi connectivity index (χ0) is 16.1. The minimum absolute atomic E-state index is 0.145. The molecule has 116 valence electrons. The Kier molecular flexibility index (Phi) is 5.39. The van der Waals surface area contributed by atoms with Crippen molar-refractivity contribution < 1.29 is 13.9 Å². The standard InChI is InChI=1S/C17H17ClFNO2/c1-12-3-5-13(6-4-12)10-20(2)17(21)11-22-16-8-7-14(19)9-15(16)18/h3-9H,10-11H2,1-2H3. The second kappa shape index (κ2) is 7.27. The monoisotopic (exact) mass is 321 g/mol. The van der Waals surface area contributed by atoms with Gasteiger partial charge in [-0.15, -0.1) is 0 Å². The van der Waals surface area contributed by atoms with Crippen molar-refractivity contribution in [3.8, 4) is 5.75 Å². The van der Waals surface area contributed by atoms with Gasteiger partial charge in [0, 0.05) is 13.6 Å². The van der Waals surface area contributed by atoms with Crippen LogP contribution in [0.4, 0.5) is 4.39 Å². The minimum Gasteiger partial charge on any atom is -0.482 e. The molecule has 0 aliphatic rings. The molecule has 2 aromatic carbocycles. The Bertz CT molecular complexity index is 658. The first-order valence-corrected chi connectivity index (χ1v) is 7.21. The quantitative estimate of drug-likeness (QED) is 0.837. The number of rotatable bonds is 5. The fraction of sp³-hybridized carbons (Fsp3) is 0.235.